The third kappa shape index (κ3) is 7.02. The quantitative estimate of drug-likeness (QED) is 0.723. The second-order valence-corrected chi connectivity index (χ2v) is 5.05. The summed E-state index contributed by atoms with van der Waals surface area (Å²) in [5.74, 6) is 1.38. The van der Waals surface area contributed by atoms with Crippen LogP contribution in [0.3, 0.4) is 0 Å². The van der Waals surface area contributed by atoms with E-state index in [1.165, 1.54) is 5.56 Å². The average Bonchev–Trinajstić information content (AvgIpc) is 2.33. The standard InChI is InChI=1S/C13H19NO2S/c1-11(15)9-14-13(16)10-17-8-7-12-5-3-2-4-6-12/h2-6,11,15H,7-10H2,1H3,(H,14,16)/t11-/m0/s1. The molecule has 0 saturated heterocycles. The van der Waals surface area contributed by atoms with Gasteiger partial charge in [0.05, 0.1) is 11.9 Å². The van der Waals surface area contributed by atoms with Crippen LogP contribution in [0.5, 0.6) is 0 Å². The lowest BCUT2D eigenvalue weighted by Gasteiger charge is -2.06. The molecule has 0 aliphatic heterocycles. The van der Waals surface area contributed by atoms with Gasteiger partial charge in [-0.2, -0.15) is 11.8 Å². The van der Waals surface area contributed by atoms with E-state index in [4.69, 9.17) is 5.11 Å². The molecule has 0 aliphatic rings. The maximum Gasteiger partial charge on any atom is 0.230 e. The predicted octanol–water partition coefficient (Wildman–Crippen LogP) is 1.46. The second-order valence-electron chi connectivity index (χ2n) is 3.94. The lowest BCUT2D eigenvalue weighted by atomic mass is 10.2. The average molecular weight is 253 g/mol. The topological polar surface area (TPSA) is 49.3 Å². The largest absolute Gasteiger partial charge is 0.392 e. The zero-order chi connectivity index (χ0) is 12.5. The van der Waals surface area contributed by atoms with Crippen LogP contribution in [0, 0.1) is 0 Å². The zero-order valence-electron chi connectivity index (χ0n) is 10.1. The van der Waals surface area contributed by atoms with E-state index in [-0.39, 0.29) is 5.91 Å². The number of amides is 1. The molecule has 3 nitrogen and oxygen atoms in total. The Bertz CT molecular complexity index is 327. The number of nitrogens with one attached hydrogen (secondary N) is 1. The van der Waals surface area contributed by atoms with Crippen LogP contribution in [0.1, 0.15) is 12.5 Å². The molecule has 94 valence electrons. The van der Waals surface area contributed by atoms with Crippen molar-refractivity contribution in [2.45, 2.75) is 19.4 Å². The summed E-state index contributed by atoms with van der Waals surface area (Å²) in [4.78, 5) is 11.3. The highest BCUT2D eigenvalue weighted by Crippen LogP contribution is 2.06. The fourth-order valence-electron chi connectivity index (χ4n) is 1.31. The molecule has 0 radical (unpaired) electrons. The number of aliphatic hydroxyl groups is 1. The first-order valence-corrected chi connectivity index (χ1v) is 6.90. The van der Waals surface area contributed by atoms with Crippen LogP contribution in [-0.2, 0) is 11.2 Å². The first-order valence-electron chi connectivity index (χ1n) is 5.75. The normalized spacial score (nSPS) is 12.1. The molecule has 0 saturated carbocycles. The van der Waals surface area contributed by atoms with E-state index in [1.807, 2.05) is 18.2 Å². The third-order valence-electron chi connectivity index (χ3n) is 2.21. The number of aliphatic hydroxyl groups excluding tert-OH is 1. The number of hydrogen-bond acceptors (Lipinski definition) is 3. The predicted molar refractivity (Wildman–Crippen MR) is 72.2 cm³/mol. The summed E-state index contributed by atoms with van der Waals surface area (Å²) in [6.07, 6.45) is 0.503. The van der Waals surface area contributed by atoms with Crippen molar-refractivity contribution in [1.82, 2.24) is 5.32 Å². The van der Waals surface area contributed by atoms with Gasteiger partial charge in [-0.25, -0.2) is 0 Å². The molecule has 0 heterocycles. The first-order chi connectivity index (χ1) is 8.18. The molecule has 0 spiro atoms. The molecule has 4 heteroatoms. The van der Waals surface area contributed by atoms with Crippen molar-refractivity contribution >= 4 is 17.7 Å². The van der Waals surface area contributed by atoms with Gasteiger partial charge in [-0.3, -0.25) is 4.79 Å². The number of thioether (sulfide) groups is 1. The Balaban J connectivity index is 2.06. The number of carbonyl (C=O) groups is 1. The monoisotopic (exact) mass is 253 g/mol. The summed E-state index contributed by atoms with van der Waals surface area (Å²) in [5, 5.41) is 11.7. The zero-order valence-corrected chi connectivity index (χ0v) is 10.9. The SMILES string of the molecule is C[C@H](O)CNC(=O)CSCCc1ccccc1. The molecule has 0 unspecified atom stereocenters. The number of rotatable bonds is 7. The van der Waals surface area contributed by atoms with E-state index in [2.05, 4.69) is 17.4 Å². The van der Waals surface area contributed by atoms with Crippen molar-refractivity contribution in [1.29, 1.82) is 0 Å². The van der Waals surface area contributed by atoms with E-state index in [1.54, 1.807) is 18.7 Å². The van der Waals surface area contributed by atoms with Crippen molar-refractivity contribution in [2.75, 3.05) is 18.1 Å². The molecule has 0 fully saturated rings. The van der Waals surface area contributed by atoms with Gasteiger partial charge in [-0.05, 0) is 24.7 Å². The minimum Gasteiger partial charge on any atom is -0.392 e. The van der Waals surface area contributed by atoms with Gasteiger partial charge >= 0.3 is 0 Å². The Hall–Kier alpha value is -1.00. The van der Waals surface area contributed by atoms with Gasteiger partial charge in [0.25, 0.3) is 0 Å². The molecule has 0 aromatic heterocycles. The molecule has 1 aromatic carbocycles. The van der Waals surface area contributed by atoms with E-state index in [0.717, 1.165) is 12.2 Å². The van der Waals surface area contributed by atoms with Crippen LogP contribution in [0.2, 0.25) is 0 Å². The first kappa shape index (κ1) is 14.1. The fourth-order valence-corrected chi connectivity index (χ4v) is 2.12. The minimum atomic E-state index is -0.478. The van der Waals surface area contributed by atoms with Crippen molar-refractivity contribution in [3.63, 3.8) is 0 Å². The van der Waals surface area contributed by atoms with Crippen LogP contribution in [-0.4, -0.2) is 35.2 Å². The summed E-state index contributed by atoms with van der Waals surface area (Å²) in [7, 11) is 0. The van der Waals surface area contributed by atoms with E-state index in [0.29, 0.717) is 12.3 Å². The van der Waals surface area contributed by atoms with Gasteiger partial charge in [0.1, 0.15) is 0 Å². The Morgan fingerprint density at radius 3 is 2.76 bits per heavy atom. The lowest BCUT2D eigenvalue weighted by molar-refractivity contribution is -0.118. The molecule has 1 atom stereocenters. The highest BCUT2D eigenvalue weighted by molar-refractivity contribution is 7.99. The molecule has 1 amide bonds. The van der Waals surface area contributed by atoms with Crippen molar-refractivity contribution in [3.8, 4) is 0 Å². The highest BCUT2D eigenvalue weighted by Gasteiger charge is 2.02. The smallest absolute Gasteiger partial charge is 0.230 e. The van der Waals surface area contributed by atoms with Crippen molar-refractivity contribution in [3.05, 3.63) is 35.9 Å². The molecule has 0 bridgehead atoms. The molecular weight excluding hydrogens is 234 g/mol. The molecule has 0 aliphatic carbocycles. The Morgan fingerprint density at radius 2 is 2.12 bits per heavy atom. The number of aryl methyl sites for hydroxylation is 1. The van der Waals surface area contributed by atoms with Gasteiger partial charge in [-0.15, -0.1) is 0 Å². The summed E-state index contributed by atoms with van der Waals surface area (Å²) in [5.41, 5.74) is 1.30. The van der Waals surface area contributed by atoms with E-state index >= 15 is 0 Å². The lowest BCUT2D eigenvalue weighted by Crippen LogP contribution is -2.31. The summed E-state index contributed by atoms with van der Waals surface area (Å²) in [6.45, 7) is 1.99. The van der Waals surface area contributed by atoms with Crippen LogP contribution >= 0.6 is 11.8 Å². The molecule has 1 aromatic rings. The number of hydrogen-bond donors (Lipinski definition) is 2. The number of carbonyl (C=O) groups excluding carboxylic acids is 1. The van der Waals surface area contributed by atoms with Crippen LogP contribution in [0.4, 0.5) is 0 Å². The number of benzene rings is 1. The van der Waals surface area contributed by atoms with Gasteiger partial charge < -0.3 is 10.4 Å². The maximum atomic E-state index is 11.3. The van der Waals surface area contributed by atoms with Gasteiger partial charge in [0.2, 0.25) is 5.91 Å². The fraction of sp³-hybridized carbons (Fsp3) is 0.462. The van der Waals surface area contributed by atoms with Crippen LogP contribution in [0.15, 0.2) is 30.3 Å². The maximum absolute atomic E-state index is 11.3. The van der Waals surface area contributed by atoms with Gasteiger partial charge in [0, 0.05) is 6.54 Å². The van der Waals surface area contributed by atoms with E-state index < -0.39 is 6.10 Å². The van der Waals surface area contributed by atoms with E-state index in [9.17, 15) is 4.79 Å². The van der Waals surface area contributed by atoms with Crippen molar-refractivity contribution < 1.29 is 9.90 Å². The molecular formula is C13H19NO2S. The molecule has 17 heavy (non-hydrogen) atoms. The third-order valence-corrected chi connectivity index (χ3v) is 3.16. The Labute approximate surface area is 107 Å². The molecule has 1 rings (SSSR count). The molecule has 2 N–H and O–H groups in total. The summed E-state index contributed by atoms with van der Waals surface area (Å²) >= 11 is 1.61. The Morgan fingerprint density at radius 1 is 1.41 bits per heavy atom. The minimum absolute atomic E-state index is 0.0102. The second kappa shape index (κ2) is 8.14. The van der Waals surface area contributed by atoms with Crippen LogP contribution in [0.25, 0.3) is 0 Å². The highest BCUT2D eigenvalue weighted by atomic mass is 32.2. The summed E-state index contributed by atoms with van der Waals surface area (Å²) < 4.78 is 0. The summed E-state index contributed by atoms with van der Waals surface area (Å²) in [6, 6.07) is 10.2. The van der Waals surface area contributed by atoms with Crippen molar-refractivity contribution in [2.24, 2.45) is 0 Å². The van der Waals surface area contributed by atoms with Crippen LogP contribution < -0.4 is 5.32 Å². The Kier molecular flexibility index (Phi) is 6.74. The van der Waals surface area contributed by atoms with Gasteiger partial charge in [-0.1, -0.05) is 30.3 Å². The van der Waals surface area contributed by atoms with Gasteiger partial charge in [0.15, 0.2) is 0 Å².